The maximum absolute atomic E-state index is 11.2. The Kier molecular flexibility index (Phi) is 4.17. The average molecular weight is 348 g/mol. The quantitative estimate of drug-likeness (QED) is 0.516. The van der Waals surface area contributed by atoms with Gasteiger partial charge in [-0.2, -0.15) is 10.4 Å². The second-order valence-electron chi connectivity index (χ2n) is 5.45. The summed E-state index contributed by atoms with van der Waals surface area (Å²) in [7, 11) is 1.37. The topological polar surface area (TPSA) is 168 Å². The summed E-state index contributed by atoms with van der Waals surface area (Å²) in [6, 6.07) is 4.96. The molecule has 132 valence electrons. The van der Waals surface area contributed by atoms with Gasteiger partial charge in [0.05, 0.1) is 5.69 Å². The molecule has 4 atom stereocenters. The molecule has 11 heteroatoms. The number of nitrogens with zero attached hydrogens (tertiary/aromatic N) is 4. The number of nitrogens with two attached hydrogens (primary N) is 1. The van der Waals surface area contributed by atoms with Crippen molar-refractivity contribution >= 4 is 17.4 Å². The lowest BCUT2D eigenvalue weighted by Gasteiger charge is -2.24. The number of carbonyl (C=O) groups excluding carboxylic acids is 1. The number of hydrogen-bond donors (Lipinski definition) is 4. The first-order valence-corrected chi connectivity index (χ1v) is 7.33. The van der Waals surface area contributed by atoms with Crippen LogP contribution >= 0.6 is 0 Å². The Morgan fingerprint density at radius 3 is 3.04 bits per heavy atom. The Labute approximate surface area is 141 Å². The van der Waals surface area contributed by atoms with Crippen molar-refractivity contribution in [1.82, 2.24) is 19.9 Å². The van der Waals surface area contributed by atoms with Gasteiger partial charge in [-0.1, -0.05) is 0 Å². The predicted molar refractivity (Wildman–Crippen MR) is 82.0 cm³/mol. The number of hydrogen-bond acceptors (Lipinski definition) is 9. The van der Waals surface area contributed by atoms with Gasteiger partial charge in [-0.3, -0.25) is 0 Å². The molecule has 3 rings (SSSR count). The SMILES string of the molecule is CNC(=O)OC[C@H]1O[C@@](C#N)(c2ccc3c(N)ncnn23)[C@H](O)[C@@H]1O. The molecule has 0 aromatic carbocycles. The lowest BCUT2D eigenvalue weighted by atomic mass is 9.92. The smallest absolute Gasteiger partial charge is 0.406 e. The van der Waals surface area contributed by atoms with Crippen molar-refractivity contribution in [3.8, 4) is 6.07 Å². The fourth-order valence-corrected chi connectivity index (χ4v) is 2.78. The number of alkyl carbamates (subject to hydrolysis) is 1. The number of nitriles is 1. The van der Waals surface area contributed by atoms with E-state index in [1.165, 1.54) is 24.0 Å². The molecule has 2 aromatic heterocycles. The summed E-state index contributed by atoms with van der Waals surface area (Å²) in [6.07, 6.45) is -3.68. The second-order valence-corrected chi connectivity index (χ2v) is 5.45. The maximum Gasteiger partial charge on any atom is 0.406 e. The van der Waals surface area contributed by atoms with Crippen molar-refractivity contribution in [2.75, 3.05) is 19.4 Å². The van der Waals surface area contributed by atoms with Crippen LogP contribution in [0.3, 0.4) is 0 Å². The van der Waals surface area contributed by atoms with Gasteiger partial charge in [0.1, 0.15) is 42.8 Å². The molecule has 25 heavy (non-hydrogen) atoms. The van der Waals surface area contributed by atoms with Crippen molar-refractivity contribution in [3.05, 3.63) is 24.2 Å². The van der Waals surface area contributed by atoms with Crippen LogP contribution in [0.4, 0.5) is 10.6 Å². The fraction of sp³-hybridized carbons (Fsp3) is 0.429. The Morgan fingerprint density at radius 1 is 1.60 bits per heavy atom. The van der Waals surface area contributed by atoms with Crippen LogP contribution in [-0.2, 0) is 15.1 Å². The molecule has 0 radical (unpaired) electrons. The molecule has 5 N–H and O–H groups in total. The van der Waals surface area contributed by atoms with E-state index in [-0.39, 0.29) is 18.1 Å². The van der Waals surface area contributed by atoms with Crippen molar-refractivity contribution < 1.29 is 24.5 Å². The molecule has 1 aliphatic heterocycles. The number of nitrogen functional groups attached to an aromatic ring is 1. The first-order chi connectivity index (χ1) is 11.9. The van der Waals surface area contributed by atoms with Crippen molar-refractivity contribution in [2.24, 2.45) is 0 Å². The highest BCUT2D eigenvalue weighted by Gasteiger charge is 2.57. The van der Waals surface area contributed by atoms with Crippen LogP contribution < -0.4 is 11.1 Å². The monoisotopic (exact) mass is 348 g/mol. The highest BCUT2D eigenvalue weighted by Crippen LogP contribution is 2.40. The molecular formula is C14H16N6O5. The van der Waals surface area contributed by atoms with Crippen LogP contribution in [0.1, 0.15) is 5.69 Å². The summed E-state index contributed by atoms with van der Waals surface area (Å²) < 4.78 is 11.8. The zero-order valence-electron chi connectivity index (χ0n) is 13.2. The van der Waals surface area contributed by atoms with Crippen molar-refractivity contribution in [3.63, 3.8) is 0 Å². The number of aliphatic hydroxyl groups excluding tert-OH is 2. The Hall–Kier alpha value is -2.94. The zero-order valence-corrected chi connectivity index (χ0v) is 13.2. The summed E-state index contributed by atoms with van der Waals surface area (Å²) in [5.74, 6) is 0.182. The van der Waals surface area contributed by atoms with Crippen LogP contribution in [-0.4, -0.2) is 62.9 Å². The number of aliphatic hydroxyl groups is 2. The molecule has 0 spiro atoms. The van der Waals surface area contributed by atoms with Gasteiger partial charge in [-0.25, -0.2) is 14.3 Å². The van der Waals surface area contributed by atoms with Crippen LogP contribution in [0.25, 0.3) is 5.52 Å². The molecule has 1 saturated heterocycles. The first kappa shape index (κ1) is 16.9. The second kappa shape index (κ2) is 6.17. The summed E-state index contributed by atoms with van der Waals surface area (Å²) in [5, 5.41) is 36.6. The molecule has 0 aliphatic carbocycles. The van der Waals surface area contributed by atoms with Gasteiger partial charge in [0.15, 0.2) is 5.82 Å². The summed E-state index contributed by atoms with van der Waals surface area (Å²) in [5.41, 5.74) is 4.45. The number of rotatable bonds is 3. The van der Waals surface area contributed by atoms with Crippen LogP contribution in [0.15, 0.2) is 18.5 Å². The van der Waals surface area contributed by atoms with E-state index in [9.17, 15) is 20.3 Å². The normalized spacial score (nSPS) is 28.6. The fourth-order valence-electron chi connectivity index (χ4n) is 2.78. The van der Waals surface area contributed by atoms with E-state index < -0.39 is 30.0 Å². The summed E-state index contributed by atoms with van der Waals surface area (Å²) >= 11 is 0. The lowest BCUT2D eigenvalue weighted by Crippen LogP contribution is -2.41. The van der Waals surface area contributed by atoms with E-state index in [0.717, 1.165) is 0 Å². The van der Waals surface area contributed by atoms with Crippen LogP contribution in [0, 0.1) is 11.3 Å². The molecule has 0 saturated carbocycles. The molecule has 2 aromatic rings. The Bertz CT molecular complexity index is 848. The van der Waals surface area contributed by atoms with Crippen molar-refractivity contribution in [1.29, 1.82) is 5.26 Å². The minimum Gasteiger partial charge on any atom is -0.447 e. The molecule has 1 aliphatic rings. The number of ether oxygens (including phenoxy) is 2. The van der Waals surface area contributed by atoms with Gasteiger partial charge >= 0.3 is 6.09 Å². The predicted octanol–water partition coefficient (Wildman–Crippen LogP) is -1.49. The number of amides is 1. The van der Waals surface area contributed by atoms with E-state index >= 15 is 0 Å². The number of nitrogens with one attached hydrogen (secondary N) is 1. The molecule has 1 fully saturated rings. The van der Waals surface area contributed by atoms with E-state index in [4.69, 9.17) is 15.2 Å². The maximum atomic E-state index is 11.2. The number of carbonyl (C=O) groups is 1. The van der Waals surface area contributed by atoms with Crippen LogP contribution in [0.2, 0.25) is 0 Å². The third-order valence-corrected chi connectivity index (χ3v) is 4.07. The van der Waals surface area contributed by atoms with Crippen molar-refractivity contribution in [2.45, 2.75) is 23.9 Å². The first-order valence-electron chi connectivity index (χ1n) is 7.33. The Balaban J connectivity index is 1.98. The molecule has 0 unspecified atom stereocenters. The third-order valence-electron chi connectivity index (χ3n) is 4.07. The van der Waals surface area contributed by atoms with Gasteiger partial charge in [0.2, 0.25) is 5.60 Å². The van der Waals surface area contributed by atoms with E-state index in [1.807, 2.05) is 6.07 Å². The van der Waals surface area contributed by atoms with Crippen LogP contribution in [0.5, 0.6) is 0 Å². The highest BCUT2D eigenvalue weighted by atomic mass is 16.6. The van der Waals surface area contributed by atoms with E-state index in [2.05, 4.69) is 15.4 Å². The van der Waals surface area contributed by atoms with E-state index in [1.54, 1.807) is 6.07 Å². The minimum absolute atomic E-state index is 0.174. The third kappa shape index (κ3) is 2.52. The number of fused-ring (bicyclic) bond motifs is 1. The number of aromatic nitrogens is 3. The average Bonchev–Trinajstić information content (AvgIpc) is 3.16. The molecule has 1 amide bonds. The minimum atomic E-state index is -1.91. The van der Waals surface area contributed by atoms with Gasteiger partial charge < -0.3 is 30.7 Å². The summed E-state index contributed by atoms with van der Waals surface area (Å²) in [6.45, 7) is -0.345. The molecule has 11 nitrogen and oxygen atoms in total. The zero-order chi connectivity index (χ0) is 18.2. The van der Waals surface area contributed by atoms with Gasteiger partial charge in [-0.05, 0) is 12.1 Å². The van der Waals surface area contributed by atoms with Gasteiger partial charge in [-0.15, -0.1) is 0 Å². The lowest BCUT2D eigenvalue weighted by molar-refractivity contribution is -0.0658. The highest BCUT2D eigenvalue weighted by molar-refractivity contribution is 5.67. The van der Waals surface area contributed by atoms with Gasteiger partial charge in [0, 0.05) is 7.05 Å². The summed E-state index contributed by atoms with van der Waals surface area (Å²) in [4.78, 5) is 15.0. The Morgan fingerprint density at radius 2 is 2.36 bits per heavy atom. The largest absolute Gasteiger partial charge is 0.447 e. The number of anilines is 1. The molecule has 0 bridgehead atoms. The standard InChI is InChI=1S/C14H16N6O5/c1-17-13(23)24-4-8-10(21)11(22)14(5-15,25-8)9-3-2-7-12(16)18-6-19-20(7)9/h2-3,6,8,10-11,21-22H,4H2,1H3,(H,17,23)(H2,16,18,19)/t8-,10-,11-,14+/m1/s1. The van der Waals surface area contributed by atoms with Gasteiger partial charge in [0.25, 0.3) is 0 Å². The van der Waals surface area contributed by atoms with E-state index in [0.29, 0.717) is 5.52 Å². The molecular weight excluding hydrogens is 332 g/mol. The molecule has 3 heterocycles.